The van der Waals surface area contributed by atoms with Gasteiger partial charge in [-0.3, -0.25) is 4.18 Å². The summed E-state index contributed by atoms with van der Waals surface area (Å²) in [4.78, 5) is 10.8. The summed E-state index contributed by atoms with van der Waals surface area (Å²) in [5, 5.41) is 39.3. The van der Waals surface area contributed by atoms with Crippen molar-refractivity contribution in [2.75, 3.05) is 7.11 Å². The number of carboxylic acids is 1. The molecule has 0 aliphatic carbocycles. The second-order valence-corrected chi connectivity index (χ2v) is 3.72. The molecule has 1 rings (SSSR count). The topological polar surface area (TPSA) is 144 Å². The summed E-state index contributed by atoms with van der Waals surface area (Å²) in [7, 11) is 1.18. The molecule has 1 heterocycles. The zero-order valence-corrected chi connectivity index (χ0v) is 9.85. The van der Waals surface area contributed by atoms with Crippen molar-refractivity contribution in [1.82, 2.24) is 0 Å². The molecule has 106 valence electrons. The van der Waals surface area contributed by atoms with Crippen LogP contribution < -0.4 is 0 Å². The van der Waals surface area contributed by atoms with Gasteiger partial charge in [0.15, 0.2) is 24.7 Å². The molecule has 0 spiro atoms. The van der Waals surface area contributed by atoms with Crippen molar-refractivity contribution in [1.29, 1.82) is 0 Å². The summed E-state index contributed by atoms with van der Waals surface area (Å²) in [5.74, 6) is -1.45. The van der Waals surface area contributed by atoms with E-state index in [4.69, 9.17) is 24.0 Å². The van der Waals surface area contributed by atoms with Crippen LogP contribution in [0, 0.1) is 0 Å². The molecule has 0 aromatic rings. The molecule has 0 aromatic heterocycles. The van der Waals surface area contributed by atoms with Crippen molar-refractivity contribution in [3.8, 4) is 0 Å². The number of aliphatic hydroxyl groups excluding tert-OH is 2. The van der Waals surface area contributed by atoms with Gasteiger partial charge in [0.05, 0.1) is 0 Å². The second-order valence-electron chi connectivity index (χ2n) is 3.25. The van der Waals surface area contributed by atoms with Crippen LogP contribution in [0.15, 0.2) is 0 Å². The van der Waals surface area contributed by atoms with Crippen molar-refractivity contribution in [3.63, 3.8) is 0 Å². The largest absolute Gasteiger partial charge is 0.479 e. The van der Waals surface area contributed by atoms with Gasteiger partial charge in [-0.15, -0.1) is 4.33 Å². The van der Waals surface area contributed by atoms with E-state index in [1.54, 1.807) is 0 Å². The zero-order valence-electron chi connectivity index (χ0n) is 9.03. The minimum Gasteiger partial charge on any atom is -0.479 e. The average molecular weight is 288 g/mol. The molecular weight excluding hydrogens is 276 g/mol. The Morgan fingerprint density at radius 1 is 1.33 bits per heavy atom. The third-order valence-electron chi connectivity index (χ3n) is 2.23. The van der Waals surface area contributed by atoms with Crippen molar-refractivity contribution >= 4 is 18.3 Å². The monoisotopic (exact) mass is 288 g/mol. The summed E-state index contributed by atoms with van der Waals surface area (Å²) in [5.41, 5.74) is 0. The number of aliphatic carboxylic acids is 1. The van der Waals surface area contributed by atoms with E-state index in [0.29, 0.717) is 0 Å². The molecule has 0 bridgehead atoms. The highest BCUT2D eigenvalue weighted by Crippen LogP contribution is 2.27. The van der Waals surface area contributed by atoms with Crippen molar-refractivity contribution in [2.24, 2.45) is 0 Å². The van der Waals surface area contributed by atoms with Crippen LogP contribution in [0.4, 0.5) is 0 Å². The lowest BCUT2D eigenvalue weighted by atomic mass is 9.99. The fourth-order valence-corrected chi connectivity index (χ4v) is 1.80. The van der Waals surface area contributed by atoms with E-state index in [1.165, 1.54) is 7.11 Å². The molecule has 1 aliphatic rings. The van der Waals surface area contributed by atoms with Crippen LogP contribution in [-0.2, 0) is 27.8 Å². The number of methoxy groups -OCH3 is 1. The van der Waals surface area contributed by atoms with Crippen LogP contribution in [0.5, 0.6) is 0 Å². The lowest BCUT2D eigenvalue weighted by Crippen LogP contribution is -2.60. The predicted octanol–water partition coefficient (Wildman–Crippen LogP) is -1.47. The Morgan fingerprint density at radius 3 is 2.50 bits per heavy atom. The van der Waals surface area contributed by atoms with Gasteiger partial charge in [0, 0.05) is 7.11 Å². The van der Waals surface area contributed by atoms with E-state index >= 15 is 0 Å². The molecule has 5 atom stereocenters. The van der Waals surface area contributed by atoms with Gasteiger partial charge in [0.25, 0.3) is 0 Å². The SMILES string of the molecule is COC1OC(C(=O)O)[C@H](O)[C@H](OSOOO)C1O. The predicted molar refractivity (Wildman–Crippen MR) is 52.6 cm³/mol. The second kappa shape index (κ2) is 7.18. The van der Waals surface area contributed by atoms with Gasteiger partial charge in [-0.25, -0.2) is 10.1 Å². The van der Waals surface area contributed by atoms with E-state index in [1.807, 2.05) is 0 Å². The molecule has 1 aliphatic heterocycles. The molecule has 10 nitrogen and oxygen atoms in total. The van der Waals surface area contributed by atoms with Gasteiger partial charge < -0.3 is 24.8 Å². The highest BCUT2D eigenvalue weighted by molar-refractivity contribution is 7.89. The smallest absolute Gasteiger partial charge is 0.335 e. The van der Waals surface area contributed by atoms with Gasteiger partial charge in [0.2, 0.25) is 0 Å². The summed E-state index contributed by atoms with van der Waals surface area (Å²) in [6.07, 6.45) is -7.45. The Morgan fingerprint density at radius 2 is 2.00 bits per heavy atom. The van der Waals surface area contributed by atoms with E-state index in [-0.39, 0.29) is 12.3 Å². The molecule has 11 heteroatoms. The minimum absolute atomic E-state index is 0.0973. The van der Waals surface area contributed by atoms with Crippen LogP contribution in [0.25, 0.3) is 0 Å². The Labute approximate surface area is 105 Å². The third kappa shape index (κ3) is 3.50. The fraction of sp³-hybridized carbons (Fsp3) is 0.857. The molecular formula is C7H12O10S. The first-order valence-electron chi connectivity index (χ1n) is 4.60. The Hall–Kier alpha value is -0.500. The number of carboxylic acid groups (broad SMARTS) is 1. The van der Waals surface area contributed by atoms with E-state index in [9.17, 15) is 15.0 Å². The first kappa shape index (κ1) is 15.6. The summed E-state index contributed by atoms with van der Waals surface area (Å²) in [6, 6.07) is 0. The highest BCUT2D eigenvalue weighted by Gasteiger charge is 2.49. The molecule has 0 amide bonds. The maximum absolute atomic E-state index is 10.8. The highest BCUT2D eigenvalue weighted by atomic mass is 32.2. The summed E-state index contributed by atoms with van der Waals surface area (Å²) in [6.45, 7) is 0. The van der Waals surface area contributed by atoms with Gasteiger partial charge in [-0.2, -0.15) is 0 Å². The van der Waals surface area contributed by atoms with Crippen LogP contribution in [0.2, 0.25) is 0 Å². The summed E-state index contributed by atoms with van der Waals surface area (Å²) >= 11 is 0.0973. The molecule has 4 N–H and O–H groups in total. The molecule has 3 unspecified atom stereocenters. The Balaban J connectivity index is 2.72. The molecule has 0 aromatic carbocycles. The lowest BCUT2D eigenvalue weighted by Gasteiger charge is -2.39. The maximum Gasteiger partial charge on any atom is 0.335 e. The van der Waals surface area contributed by atoms with E-state index < -0.39 is 36.7 Å². The number of aliphatic hydroxyl groups is 2. The Bertz CT molecular complexity index is 275. The summed E-state index contributed by atoms with van der Waals surface area (Å²) < 4.78 is 18.2. The van der Waals surface area contributed by atoms with Crippen LogP contribution in [0.1, 0.15) is 0 Å². The number of hydrogen-bond donors (Lipinski definition) is 4. The van der Waals surface area contributed by atoms with E-state index in [0.717, 1.165) is 0 Å². The fourth-order valence-electron chi connectivity index (χ4n) is 1.42. The maximum atomic E-state index is 10.8. The standard InChI is InChI=1S/C7H12O10S/c1-13-7-3(9)4(15-18-17-16-12)2(8)5(14-7)6(10)11/h2-5,7-9,12H,1H3,(H,10,11)/t2-,3?,4+,5?,7?/m1/s1. The number of hydrogen-bond acceptors (Lipinski definition) is 10. The normalized spacial score (nSPS) is 36.6. The molecule has 0 saturated carbocycles. The Kier molecular flexibility index (Phi) is 6.20. The first-order chi connectivity index (χ1) is 8.52. The molecule has 1 fully saturated rings. The van der Waals surface area contributed by atoms with Crippen LogP contribution in [-0.4, -0.2) is 64.4 Å². The van der Waals surface area contributed by atoms with Crippen LogP contribution >= 0.6 is 12.3 Å². The third-order valence-corrected chi connectivity index (χ3v) is 2.64. The van der Waals surface area contributed by atoms with Gasteiger partial charge in [-0.05, 0) is 0 Å². The van der Waals surface area contributed by atoms with Gasteiger partial charge >= 0.3 is 5.97 Å². The molecule has 1 saturated heterocycles. The number of ether oxygens (including phenoxy) is 2. The van der Waals surface area contributed by atoms with Crippen molar-refractivity contribution < 1.29 is 48.4 Å². The van der Waals surface area contributed by atoms with E-state index in [2.05, 4.69) is 9.37 Å². The van der Waals surface area contributed by atoms with Crippen molar-refractivity contribution in [3.05, 3.63) is 0 Å². The first-order valence-corrected chi connectivity index (χ1v) is 5.27. The molecule has 18 heavy (non-hydrogen) atoms. The average Bonchev–Trinajstić information content (AvgIpc) is 2.33. The quantitative estimate of drug-likeness (QED) is 0.197. The zero-order chi connectivity index (χ0) is 13.7. The lowest BCUT2D eigenvalue weighted by molar-refractivity contribution is -0.435. The van der Waals surface area contributed by atoms with Crippen LogP contribution in [0.3, 0.4) is 0 Å². The number of carbonyl (C=O) groups is 1. The number of rotatable bonds is 6. The van der Waals surface area contributed by atoms with Gasteiger partial charge in [-0.1, -0.05) is 5.04 Å². The van der Waals surface area contributed by atoms with Crippen molar-refractivity contribution in [2.45, 2.75) is 30.7 Å². The molecule has 0 radical (unpaired) electrons. The van der Waals surface area contributed by atoms with Gasteiger partial charge in [0.1, 0.15) is 18.3 Å². The minimum atomic E-state index is -1.67.